The average molecular weight is 609 g/mol. The molecule has 15 heteroatoms. The van der Waals surface area contributed by atoms with Gasteiger partial charge in [0.15, 0.2) is 16.6 Å². The third-order valence-corrected chi connectivity index (χ3v) is 15.9. The largest absolute Gasteiger partial charge is 0.436 e. The first-order chi connectivity index (χ1) is 14.0. The summed E-state index contributed by atoms with van der Waals surface area (Å²) in [5.74, 6) is 0. The first kappa shape index (κ1) is 73.3. The van der Waals surface area contributed by atoms with E-state index in [2.05, 4.69) is 39.3 Å². The van der Waals surface area contributed by atoms with Crippen LogP contribution in [0.25, 0.3) is 0 Å². The molecule has 0 bridgehead atoms. The van der Waals surface area contributed by atoms with E-state index < -0.39 is 38.2 Å². The van der Waals surface area contributed by atoms with Crippen molar-refractivity contribution in [3.05, 3.63) is 21.9 Å². The van der Waals surface area contributed by atoms with E-state index in [4.69, 9.17) is 54.8 Å². The summed E-state index contributed by atoms with van der Waals surface area (Å²) in [5.41, 5.74) is 3.71. The highest BCUT2D eigenvalue weighted by Crippen LogP contribution is 2.30. The van der Waals surface area contributed by atoms with E-state index in [0.29, 0.717) is 12.1 Å². The van der Waals surface area contributed by atoms with E-state index >= 15 is 0 Å². The number of allylic oxidation sites excluding steroid dienone is 4. The van der Waals surface area contributed by atoms with E-state index in [1.165, 1.54) is 7.06 Å². The van der Waals surface area contributed by atoms with Gasteiger partial charge in [0.25, 0.3) is 0 Å². The van der Waals surface area contributed by atoms with Crippen LogP contribution in [0.4, 0.5) is 0 Å². The van der Waals surface area contributed by atoms with Crippen LogP contribution in [0.15, 0.2) is 21.9 Å². The lowest BCUT2D eigenvalue weighted by Gasteiger charge is -2.40. The maximum atomic E-state index is 6.73. The fourth-order valence-corrected chi connectivity index (χ4v) is 18.4. The van der Waals surface area contributed by atoms with Gasteiger partial charge in [0.05, 0.1) is 20.2 Å². The first-order valence-corrected chi connectivity index (χ1v) is 20.1. The first-order valence-electron chi connectivity index (χ1n) is 11.0. The van der Waals surface area contributed by atoms with E-state index in [0.717, 1.165) is 34.7 Å². The molecule has 0 aliphatic carbocycles. The van der Waals surface area contributed by atoms with Gasteiger partial charge in [0, 0.05) is 45.7 Å². The van der Waals surface area contributed by atoms with Crippen molar-refractivity contribution >= 4 is 98.9 Å². The zero-order chi connectivity index (χ0) is 24.6. The summed E-state index contributed by atoms with van der Waals surface area (Å²) in [7, 11) is 32.4. The molecule has 0 atom stereocenters. The third-order valence-electron chi connectivity index (χ3n) is 5.08. The van der Waals surface area contributed by atoms with E-state index in [1.807, 2.05) is 13.8 Å². The average Bonchev–Trinajstić information content (AvgIpc) is 2.58. The second-order valence-corrected chi connectivity index (χ2v) is 21.9. The van der Waals surface area contributed by atoms with Crippen molar-refractivity contribution < 1.29 is 8.23 Å². The molecule has 0 aliphatic heterocycles. The van der Waals surface area contributed by atoms with Crippen molar-refractivity contribution in [2.75, 3.05) is 0 Å². The molecule has 0 heterocycles. The van der Waals surface area contributed by atoms with Gasteiger partial charge in [-0.15, -0.1) is 21.9 Å². The van der Waals surface area contributed by atoms with Crippen LogP contribution >= 0.6 is 0 Å². The van der Waals surface area contributed by atoms with Crippen molar-refractivity contribution in [2.24, 2.45) is 0 Å². The molecular weight excluding hydrogens is 537 g/mol. The highest BCUT2D eigenvalue weighted by Gasteiger charge is 2.40. The SMILES string of the molecule is C.C.C.C.C.C.C.C.C.C.[B][B]B([B])/C(C[Si](C)(C)O[Si](C)(C)O[Si](C)(C)C/C([B])=C(/[B][B])CC)=C(/CC)B([B])[B]. The van der Waals surface area contributed by atoms with E-state index in [1.54, 1.807) is 7.17 Å². The molecule has 2 nitrogen and oxygen atoms in total. The third kappa shape index (κ3) is 28.0. The van der Waals surface area contributed by atoms with Crippen LogP contribution in [-0.4, -0.2) is 98.9 Å². The van der Waals surface area contributed by atoms with Crippen LogP contribution < -0.4 is 0 Å². The molecule has 41 heavy (non-hydrogen) atoms. The Balaban J connectivity index is -0.0000001000. The zero-order valence-corrected chi connectivity index (χ0v) is 23.9. The Morgan fingerprint density at radius 1 is 0.634 bits per heavy atom. The fraction of sp³-hybridized carbons (Fsp3) is 0.846. The fourth-order valence-electron chi connectivity index (χ4n) is 4.15. The Morgan fingerprint density at radius 3 is 1.27 bits per heavy atom. The quantitative estimate of drug-likeness (QED) is 0.185. The van der Waals surface area contributed by atoms with Crippen molar-refractivity contribution in [3.8, 4) is 0 Å². The number of rotatable bonds is 14. The molecule has 0 saturated carbocycles. The normalized spacial score (nSPS) is 10.9. The van der Waals surface area contributed by atoms with Gasteiger partial charge < -0.3 is 8.23 Å². The second-order valence-electron chi connectivity index (χ2n) is 9.70. The Kier molecular flexibility index (Phi) is 57.4. The molecule has 0 saturated heterocycles. The van der Waals surface area contributed by atoms with Crippen molar-refractivity contribution in [3.63, 3.8) is 0 Å². The van der Waals surface area contributed by atoms with Gasteiger partial charge in [0.1, 0.15) is 7.85 Å². The standard InChI is InChI=1S/C16H32B10O2Si3.10CH4/c1-9-14(23-18)13(17)11-29(3,4)27-31(7,8)28-30(5,6)12-16(26(22)24-19)15(10-2)25(20)21;;;;;;;;;;/h9-12H2,1-8H3;10*1H4/b14-13-,16-15-;;;;;;;;;;. The maximum Gasteiger partial charge on any atom is 0.311 e. The topological polar surface area (TPSA) is 18.5 Å². The van der Waals surface area contributed by atoms with Gasteiger partial charge in [-0.3, -0.25) is 0 Å². The number of hydrogen-bond donors (Lipinski definition) is 0. The van der Waals surface area contributed by atoms with Gasteiger partial charge >= 0.3 is 8.56 Å². The smallest absolute Gasteiger partial charge is 0.311 e. The maximum absolute atomic E-state index is 6.73. The molecule has 230 valence electrons. The van der Waals surface area contributed by atoms with E-state index in [-0.39, 0.29) is 74.3 Å². The second kappa shape index (κ2) is 32.1. The predicted molar refractivity (Wildman–Crippen MR) is 224 cm³/mol. The predicted octanol–water partition coefficient (Wildman–Crippen LogP) is 8.13. The van der Waals surface area contributed by atoms with Gasteiger partial charge in [-0.2, -0.15) is 0 Å². The van der Waals surface area contributed by atoms with Gasteiger partial charge in [-0.25, -0.2) is 0 Å². The summed E-state index contributed by atoms with van der Waals surface area (Å²) in [4.78, 5) is 0. The van der Waals surface area contributed by atoms with Crippen molar-refractivity contribution in [2.45, 2.75) is 152 Å². The van der Waals surface area contributed by atoms with Crippen LogP contribution in [0.2, 0.25) is 51.4 Å². The van der Waals surface area contributed by atoms with Crippen molar-refractivity contribution in [1.82, 2.24) is 0 Å². The zero-order valence-electron chi connectivity index (χ0n) is 20.9. The Hall–Kier alpha value is 0.700. The summed E-state index contributed by atoms with van der Waals surface area (Å²) in [6.45, 7) is 16.0. The molecule has 0 amide bonds. The lowest BCUT2D eigenvalue weighted by atomic mass is 9.01. The molecule has 0 fully saturated rings. The van der Waals surface area contributed by atoms with Gasteiger partial charge in [-0.1, -0.05) is 88.1 Å². The van der Waals surface area contributed by atoms with Crippen LogP contribution in [0, 0.1) is 0 Å². The minimum atomic E-state index is -2.44. The Labute approximate surface area is 280 Å². The van der Waals surface area contributed by atoms with Crippen LogP contribution in [0.5, 0.6) is 0 Å². The molecule has 0 aliphatic rings. The lowest BCUT2D eigenvalue weighted by molar-refractivity contribution is 0.391. The molecule has 0 rings (SSSR count). The van der Waals surface area contributed by atoms with Gasteiger partial charge in [0.2, 0.25) is 0 Å². The Morgan fingerprint density at radius 2 is 1.00 bits per heavy atom. The summed E-state index contributed by atoms with van der Waals surface area (Å²) >= 11 is 0. The Bertz CT molecular complexity index is 643. The molecule has 14 radical (unpaired) electrons. The summed E-state index contributed by atoms with van der Waals surface area (Å²) in [6.07, 6.45) is 1.53. The summed E-state index contributed by atoms with van der Waals surface area (Å²) in [5, 5.41) is 0. The molecule has 0 spiro atoms. The highest BCUT2D eigenvalue weighted by atomic mass is 28.5. The summed E-state index contributed by atoms with van der Waals surface area (Å²) < 4.78 is 13.4. The summed E-state index contributed by atoms with van der Waals surface area (Å²) in [6, 6.07) is 1.41. The number of hydrogen-bond acceptors (Lipinski definition) is 2. The molecule has 0 N–H and O–H groups in total. The van der Waals surface area contributed by atoms with Gasteiger partial charge in [-0.05, 0) is 64.2 Å². The van der Waals surface area contributed by atoms with Crippen molar-refractivity contribution in [1.29, 1.82) is 0 Å². The molecular formula is C26H72B10O2Si3. The van der Waals surface area contributed by atoms with Crippen LogP contribution in [0.1, 0.15) is 101 Å². The molecule has 0 aromatic heterocycles. The molecule has 0 aromatic carbocycles. The van der Waals surface area contributed by atoms with Crippen LogP contribution in [0.3, 0.4) is 0 Å². The van der Waals surface area contributed by atoms with E-state index in [9.17, 15) is 0 Å². The lowest BCUT2D eigenvalue weighted by Crippen LogP contribution is -2.53. The molecule has 0 aromatic rings. The monoisotopic (exact) mass is 611 g/mol. The highest BCUT2D eigenvalue weighted by molar-refractivity contribution is 7.49. The minimum Gasteiger partial charge on any atom is -0.436 e. The minimum absolute atomic E-state index is 0. The van der Waals surface area contributed by atoms with Crippen LogP contribution in [-0.2, 0) is 8.23 Å². The molecule has 0 unspecified atom stereocenters.